The van der Waals surface area contributed by atoms with Crippen LogP contribution in [0.4, 0.5) is 0 Å². The number of amides is 1. The molecule has 0 aromatic heterocycles. The fourth-order valence-electron chi connectivity index (χ4n) is 2.70. The van der Waals surface area contributed by atoms with E-state index in [2.05, 4.69) is 5.32 Å². The van der Waals surface area contributed by atoms with Crippen molar-refractivity contribution in [2.24, 2.45) is 11.8 Å². The van der Waals surface area contributed by atoms with Gasteiger partial charge in [-0.3, -0.25) is 9.59 Å². The van der Waals surface area contributed by atoms with Crippen LogP contribution < -0.4 is 5.32 Å². The Balaban J connectivity index is 1.97. The third-order valence-electron chi connectivity index (χ3n) is 3.83. The second-order valence-electron chi connectivity index (χ2n) is 5.14. The summed E-state index contributed by atoms with van der Waals surface area (Å²) in [6, 6.07) is 7.30. The highest BCUT2D eigenvalue weighted by Gasteiger charge is 2.35. The van der Waals surface area contributed by atoms with E-state index in [0.29, 0.717) is 24.4 Å². The van der Waals surface area contributed by atoms with Crippen LogP contribution in [-0.2, 0) is 16.1 Å². The van der Waals surface area contributed by atoms with Crippen LogP contribution in [0.3, 0.4) is 0 Å². The molecule has 1 aliphatic rings. The van der Waals surface area contributed by atoms with Gasteiger partial charge in [-0.15, -0.1) is 0 Å². The summed E-state index contributed by atoms with van der Waals surface area (Å²) in [6.07, 6.45) is 3.02. The summed E-state index contributed by atoms with van der Waals surface area (Å²) in [4.78, 5) is 23.4. The molecule has 1 aromatic rings. The molecule has 2 atom stereocenters. The van der Waals surface area contributed by atoms with Crippen molar-refractivity contribution >= 4 is 23.5 Å². The molecule has 5 heteroatoms. The zero-order chi connectivity index (χ0) is 14.5. The highest BCUT2D eigenvalue weighted by atomic mass is 35.5. The van der Waals surface area contributed by atoms with Crippen molar-refractivity contribution in [1.29, 1.82) is 0 Å². The maximum absolute atomic E-state index is 12.2. The summed E-state index contributed by atoms with van der Waals surface area (Å²) in [5, 5.41) is 12.6. The molecule has 0 aliphatic heterocycles. The van der Waals surface area contributed by atoms with Crippen LogP contribution in [0, 0.1) is 11.8 Å². The molecule has 1 fully saturated rings. The molecule has 0 spiro atoms. The number of carboxylic acid groups (broad SMARTS) is 1. The van der Waals surface area contributed by atoms with Crippen molar-refractivity contribution in [3.8, 4) is 0 Å². The number of rotatable bonds is 4. The molecule has 20 heavy (non-hydrogen) atoms. The molecule has 1 saturated carbocycles. The largest absolute Gasteiger partial charge is 0.481 e. The van der Waals surface area contributed by atoms with Crippen LogP contribution in [-0.4, -0.2) is 17.0 Å². The monoisotopic (exact) mass is 295 g/mol. The molecule has 1 amide bonds. The van der Waals surface area contributed by atoms with Gasteiger partial charge in [0, 0.05) is 11.6 Å². The van der Waals surface area contributed by atoms with Gasteiger partial charge in [-0.2, -0.15) is 0 Å². The van der Waals surface area contributed by atoms with Crippen molar-refractivity contribution in [2.45, 2.75) is 32.2 Å². The van der Waals surface area contributed by atoms with Gasteiger partial charge in [0.15, 0.2) is 0 Å². The van der Waals surface area contributed by atoms with Crippen molar-refractivity contribution in [3.63, 3.8) is 0 Å². The first-order chi connectivity index (χ1) is 9.59. The molecule has 0 saturated heterocycles. The van der Waals surface area contributed by atoms with Crippen molar-refractivity contribution in [1.82, 2.24) is 5.32 Å². The summed E-state index contributed by atoms with van der Waals surface area (Å²) >= 11 is 6.03. The first-order valence-electron chi connectivity index (χ1n) is 6.83. The number of carbonyl (C=O) groups excluding carboxylic acids is 1. The van der Waals surface area contributed by atoms with Crippen molar-refractivity contribution in [3.05, 3.63) is 34.9 Å². The molecule has 0 radical (unpaired) electrons. The number of carbonyl (C=O) groups is 2. The van der Waals surface area contributed by atoms with E-state index < -0.39 is 17.8 Å². The van der Waals surface area contributed by atoms with Crippen LogP contribution in [0.15, 0.2) is 24.3 Å². The molecule has 4 nitrogen and oxygen atoms in total. The average Bonchev–Trinajstić information content (AvgIpc) is 2.46. The summed E-state index contributed by atoms with van der Waals surface area (Å²) in [5.41, 5.74) is 0.838. The Morgan fingerprint density at radius 1 is 1.20 bits per heavy atom. The van der Waals surface area contributed by atoms with Gasteiger partial charge in [0.05, 0.1) is 11.8 Å². The minimum absolute atomic E-state index is 0.183. The average molecular weight is 296 g/mol. The number of carboxylic acids is 1. The highest BCUT2D eigenvalue weighted by molar-refractivity contribution is 6.31. The van der Waals surface area contributed by atoms with E-state index in [1.54, 1.807) is 6.07 Å². The van der Waals surface area contributed by atoms with E-state index in [4.69, 9.17) is 11.6 Å². The van der Waals surface area contributed by atoms with E-state index in [1.165, 1.54) is 0 Å². The fourth-order valence-corrected chi connectivity index (χ4v) is 2.90. The molecular weight excluding hydrogens is 278 g/mol. The zero-order valence-electron chi connectivity index (χ0n) is 11.1. The smallest absolute Gasteiger partial charge is 0.307 e. The van der Waals surface area contributed by atoms with Crippen LogP contribution in [0.2, 0.25) is 5.02 Å². The number of hydrogen-bond donors (Lipinski definition) is 2. The summed E-state index contributed by atoms with van der Waals surface area (Å²) in [6.45, 7) is 0.335. The molecule has 0 heterocycles. The lowest BCUT2D eigenvalue weighted by atomic mass is 9.78. The van der Waals surface area contributed by atoms with Crippen LogP contribution >= 0.6 is 11.6 Å². The first kappa shape index (κ1) is 14.9. The normalized spacial score (nSPS) is 22.2. The quantitative estimate of drug-likeness (QED) is 0.897. The van der Waals surface area contributed by atoms with E-state index in [9.17, 15) is 14.7 Å². The van der Waals surface area contributed by atoms with E-state index in [-0.39, 0.29) is 5.91 Å². The lowest BCUT2D eigenvalue weighted by Crippen LogP contribution is -2.39. The molecule has 1 aliphatic carbocycles. The molecular formula is C15H18ClNO3. The maximum atomic E-state index is 12.2. The van der Waals surface area contributed by atoms with E-state index in [1.807, 2.05) is 18.2 Å². The summed E-state index contributed by atoms with van der Waals surface area (Å²) in [7, 11) is 0. The van der Waals surface area contributed by atoms with E-state index in [0.717, 1.165) is 18.4 Å². The van der Waals surface area contributed by atoms with Crippen LogP contribution in [0.5, 0.6) is 0 Å². The molecule has 2 N–H and O–H groups in total. The number of benzene rings is 1. The number of hydrogen-bond acceptors (Lipinski definition) is 2. The minimum atomic E-state index is -0.873. The van der Waals surface area contributed by atoms with Gasteiger partial charge in [0.1, 0.15) is 0 Å². The summed E-state index contributed by atoms with van der Waals surface area (Å²) in [5.74, 6) is -2.04. The molecule has 0 unspecified atom stereocenters. The van der Waals surface area contributed by atoms with E-state index >= 15 is 0 Å². The molecule has 0 bridgehead atoms. The Morgan fingerprint density at radius 2 is 1.85 bits per heavy atom. The fraction of sp³-hybridized carbons (Fsp3) is 0.467. The molecule has 108 valence electrons. The Bertz CT molecular complexity index is 504. The molecule has 1 aromatic carbocycles. The lowest BCUT2D eigenvalue weighted by molar-refractivity contribution is -0.148. The third kappa shape index (κ3) is 3.51. The van der Waals surface area contributed by atoms with Gasteiger partial charge in [-0.25, -0.2) is 0 Å². The second-order valence-corrected chi connectivity index (χ2v) is 5.55. The Kier molecular flexibility index (Phi) is 5.01. The van der Waals surface area contributed by atoms with Gasteiger partial charge in [0.25, 0.3) is 0 Å². The van der Waals surface area contributed by atoms with Gasteiger partial charge in [-0.1, -0.05) is 42.6 Å². The number of nitrogens with one attached hydrogen (secondary N) is 1. The summed E-state index contributed by atoms with van der Waals surface area (Å²) < 4.78 is 0. The standard InChI is InChI=1S/C15H18ClNO3/c16-13-8-4-1-5-10(13)9-17-14(18)11-6-2-3-7-12(11)15(19)20/h1,4-5,8,11-12H,2-3,6-7,9H2,(H,17,18)(H,19,20)/t11-,12+/m0/s1. The maximum Gasteiger partial charge on any atom is 0.307 e. The Labute approximate surface area is 123 Å². The van der Waals surface area contributed by atoms with Crippen molar-refractivity contribution in [2.75, 3.05) is 0 Å². The predicted molar refractivity (Wildman–Crippen MR) is 76.4 cm³/mol. The number of halogens is 1. The highest BCUT2D eigenvalue weighted by Crippen LogP contribution is 2.30. The SMILES string of the molecule is O=C(NCc1ccccc1Cl)[C@H]1CCCC[C@H]1C(=O)O. The first-order valence-corrected chi connectivity index (χ1v) is 7.21. The van der Waals surface area contributed by atoms with Crippen LogP contribution in [0.25, 0.3) is 0 Å². The van der Waals surface area contributed by atoms with Gasteiger partial charge >= 0.3 is 5.97 Å². The topological polar surface area (TPSA) is 66.4 Å². The molecule has 2 rings (SSSR count). The Hall–Kier alpha value is -1.55. The number of aliphatic carboxylic acids is 1. The van der Waals surface area contributed by atoms with Gasteiger partial charge < -0.3 is 10.4 Å². The second kappa shape index (κ2) is 6.75. The van der Waals surface area contributed by atoms with Crippen LogP contribution in [0.1, 0.15) is 31.2 Å². The third-order valence-corrected chi connectivity index (χ3v) is 4.20. The van der Waals surface area contributed by atoms with Crippen molar-refractivity contribution < 1.29 is 14.7 Å². The van der Waals surface area contributed by atoms with Gasteiger partial charge in [0.2, 0.25) is 5.91 Å². The van der Waals surface area contributed by atoms with Gasteiger partial charge in [-0.05, 0) is 24.5 Å². The zero-order valence-corrected chi connectivity index (χ0v) is 11.9. The predicted octanol–water partition coefficient (Wildman–Crippen LogP) is 2.85. The Morgan fingerprint density at radius 3 is 2.50 bits per heavy atom. The lowest BCUT2D eigenvalue weighted by Gasteiger charge is -2.27. The minimum Gasteiger partial charge on any atom is -0.481 e.